The van der Waals surface area contributed by atoms with Crippen LogP contribution in [0.4, 0.5) is 5.82 Å². The van der Waals surface area contributed by atoms with Crippen molar-refractivity contribution in [1.29, 1.82) is 0 Å². The molecule has 2 amide bonds. The first-order valence-electron chi connectivity index (χ1n) is 6.93. The van der Waals surface area contributed by atoms with Gasteiger partial charge in [0.05, 0.1) is 6.54 Å². The van der Waals surface area contributed by atoms with Gasteiger partial charge in [-0.25, -0.2) is 4.98 Å². The van der Waals surface area contributed by atoms with E-state index in [-0.39, 0.29) is 24.3 Å². The summed E-state index contributed by atoms with van der Waals surface area (Å²) in [6, 6.07) is 3.50. The van der Waals surface area contributed by atoms with E-state index in [4.69, 9.17) is 0 Å². The minimum atomic E-state index is -0.241. The molecule has 2 rings (SSSR count). The van der Waals surface area contributed by atoms with Crippen molar-refractivity contribution in [3.8, 4) is 0 Å². The van der Waals surface area contributed by atoms with E-state index in [1.54, 1.807) is 25.4 Å². The molecule has 7 heteroatoms. The second-order valence-corrected chi connectivity index (χ2v) is 6.04. The molecule has 1 saturated heterocycles. The standard InChI is InChI=1S/C14H19BrN4O2/c1-19(14(21)10-4-6-16-7-5-10)9-13(20)18-12-3-2-11(15)8-17-12/h2-3,8,10,16H,4-7,9H2,1H3,(H,17,18,20). The van der Waals surface area contributed by atoms with E-state index in [2.05, 4.69) is 31.5 Å². The number of hydrogen-bond donors (Lipinski definition) is 2. The fourth-order valence-corrected chi connectivity index (χ4v) is 2.54. The first kappa shape index (κ1) is 15.9. The lowest BCUT2D eigenvalue weighted by molar-refractivity contribution is -0.137. The molecule has 0 radical (unpaired) electrons. The van der Waals surface area contributed by atoms with E-state index in [9.17, 15) is 9.59 Å². The number of amides is 2. The number of halogens is 1. The highest BCUT2D eigenvalue weighted by Crippen LogP contribution is 2.14. The first-order valence-corrected chi connectivity index (χ1v) is 7.72. The molecular weight excluding hydrogens is 336 g/mol. The fraction of sp³-hybridized carbons (Fsp3) is 0.500. The van der Waals surface area contributed by atoms with Gasteiger partial charge in [0, 0.05) is 23.6 Å². The smallest absolute Gasteiger partial charge is 0.245 e. The first-order chi connectivity index (χ1) is 10.1. The van der Waals surface area contributed by atoms with Crippen LogP contribution in [0, 0.1) is 5.92 Å². The van der Waals surface area contributed by atoms with Crippen LogP contribution in [0.3, 0.4) is 0 Å². The Morgan fingerprint density at radius 3 is 2.76 bits per heavy atom. The molecule has 1 aliphatic heterocycles. The maximum absolute atomic E-state index is 12.2. The highest BCUT2D eigenvalue weighted by atomic mass is 79.9. The largest absolute Gasteiger partial charge is 0.336 e. The number of aromatic nitrogens is 1. The minimum Gasteiger partial charge on any atom is -0.336 e. The second kappa shape index (κ2) is 7.51. The summed E-state index contributed by atoms with van der Waals surface area (Å²) in [5.41, 5.74) is 0. The number of carbonyl (C=O) groups is 2. The van der Waals surface area contributed by atoms with Crippen LogP contribution in [0.15, 0.2) is 22.8 Å². The van der Waals surface area contributed by atoms with E-state index in [1.165, 1.54) is 4.90 Å². The van der Waals surface area contributed by atoms with Gasteiger partial charge >= 0.3 is 0 Å². The quantitative estimate of drug-likeness (QED) is 0.852. The number of nitrogens with one attached hydrogen (secondary N) is 2. The van der Waals surface area contributed by atoms with Crippen LogP contribution in [0.5, 0.6) is 0 Å². The summed E-state index contributed by atoms with van der Waals surface area (Å²) < 4.78 is 0.846. The van der Waals surface area contributed by atoms with Crippen molar-refractivity contribution >= 4 is 33.6 Å². The van der Waals surface area contributed by atoms with Crippen molar-refractivity contribution in [1.82, 2.24) is 15.2 Å². The van der Waals surface area contributed by atoms with E-state index >= 15 is 0 Å². The van der Waals surface area contributed by atoms with Crippen LogP contribution in [0.25, 0.3) is 0 Å². The topological polar surface area (TPSA) is 74.3 Å². The highest BCUT2D eigenvalue weighted by molar-refractivity contribution is 9.10. The molecule has 0 bridgehead atoms. The number of carbonyl (C=O) groups excluding carboxylic acids is 2. The van der Waals surface area contributed by atoms with Gasteiger partial charge in [-0.15, -0.1) is 0 Å². The van der Waals surface area contributed by atoms with Gasteiger partial charge in [0.2, 0.25) is 11.8 Å². The van der Waals surface area contributed by atoms with Gasteiger partial charge in [-0.1, -0.05) is 0 Å². The Bertz CT molecular complexity index is 500. The zero-order valence-electron chi connectivity index (χ0n) is 11.9. The van der Waals surface area contributed by atoms with Crippen LogP contribution >= 0.6 is 15.9 Å². The Kier molecular flexibility index (Phi) is 5.69. The summed E-state index contributed by atoms with van der Waals surface area (Å²) in [7, 11) is 1.67. The van der Waals surface area contributed by atoms with Crippen LogP contribution < -0.4 is 10.6 Å². The lowest BCUT2D eigenvalue weighted by atomic mass is 9.97. The molecule has 114 valence electrons. The number of rotatable bonds is 4. The van der Waals surface area contributed by atoms with Gasteiger partial charge in [0.1, 0.15) is 5.82 Å². The van der Waals surface area contributed by atoms with E-state index in [0.717, 1.165) is 30.4 Å². The SMILES string of the molecule is CN(CC(=O)Nc1ccc(Br)cn1)C(=O)C1CCNCC1. The minimum absolute atomic E-state index is 0.0230. The maximum Gasteiger partial charge on any atom is 0.245 e. The van der Waals surface area contributed by atoms with Crippen molar-refractivity contribution in [2.24, 2.45) is 5.92 Å². The Morgan fingerprint density at radius 2 is 2.14 bits per heavy atom. The van der Waals surface area contributed by atoms with Gasteiger partial charge in [-0.05, 0) is 54.0 Å². The monoisotopic (exact) mass is 354 g/mol. The molecule has 0 aromatic carbocycles. The summed E-state index contributed by atoms with van der Waals surface area (Å²) in [4.78, 5) is 29.7. The molecule has 0 atom stereocenters. The summed E-state index contributed by atoms with van der Waals surface area (Å²) in [6.45, 7) is 1.76. The summed E-state index contributed by atoms with van der Waals surface area (Å²) >= 11 is 3.28. The number of nitrogens with zero attached hydrogens (tertiary/aromatic N) is 2. The Labute approximate surface area is 132 Å². The fourth-order valence-electron chi connectivity index (χ4n) is 2.31. The van der Waals surface area contributed by atoms with Gasteiger partial charge in [-0.2, -0.15) is 0 Å². The van der Waals surface area contributed by atoms with Crippen LogP contribution in [0.1, 0.15) is 12.8 Å². The molecule has 1 aromatic rings. The summed E-state index contributed by atoms with van der Waals surface area (Å²) in [5, 5.41) is 5.91. The normalized spacial score (nSPS) is 15.5. The Hall–Kier alpha value is -1.47. The molecule has 21 heavy (non-hydrogen) atoms. The average molecular weight is 355 g/mol. The molecule has 1 fully saturated rings. The second-order valence-electron chi connectivity index (χ2n) is 5.13. The predicted octanol–water partition coefficient (Wildman–Crippen LogP) is 1.24. The van der Waals surface area contributed by atoms with E-state index in [1.807, 2.05) is 0 Å². The number of hydrogen-bond acceptors (Lipinski definition) is 4. The molecule has 2 N–H and O–H groups in total. The third-order valence-corrected chi connectivity index (χ3v) is 3.91. The molecule has 0 saturated carbocycles. The molecular formula is C14H19BrN4O2. The van der Waals surface area contributed by atoms with Gasteiger partial charge in [0.15, 0.2) is 0 Å². The van der Waals surface area contributed by atoms with E-state index < -0.39 is 0 Å². The number of likely N-dealkylation sites (N-methyl/N-ethyl adjacent to an activating group) is 1. The Morgan fingerprint density at radius 1 is 1.43 bits per heavy atom. The van der Waals surface area contributed by atoms with Crippen molar-refractivity contribution in [2.75, 3.05) is 32.0 Å². The average Bonchev–Trinajstić information content (AvgIpc) is 2.49. The molecule has 1 aliphatic rings. The van der Waals surface area contributed by atoms with Crippen LogP contribution in [-0.2, 0) is 9.59 Å². The van der Waals surface area contributed by atoms with Crippen molar-refractivity contribution < 1.29 is 9.59 Å². The molecule has 0 aliphatic carbocycles. The number of anilines is 1. The molecule has 0 spiro atoms. The zero-order valence-corrected chi connectivity index (χ0v) is 13.5. The molecule has 2 heterocycles. The predicted molar refractivity (Wildman–Crippen MR) is 83.8 cm³/mol. The lowest BCUT2D eigenvalue weighted by Gasteiger charge is -2.26. The molecule has 6 nitrogen and oxygen atoms in total. The van der Waals surface area contributed by atoms with Gasteiger partial charge in [-0.3, -0.25) is 9.59 Å². The number of piperidine rings is 1. The van der Waals surface area contributed by atoms with Crippen LogP contribution in [0.2, 0.25) is 0 Å². The third kappa shape index (κ3) is 4.78. The number of pyridine rings is 1. The van der Waals surface area contributed by atoms with Crippen molar-refractivity contribution in [2.45, 2.75) is 12.8 Å². The lowest BCUT2D eigenvalue weighted by Crippen LogP contribution is -2.42. The molecule has 1 aromatic heterocycles. The maximum atomic E-state index is 12.2. The van der Waals surface area contributed by atoms with E-state index in [0.29, 0.717) is 5.82 Å². The summed E-state index contributed by atoms with van der Waals surface area (Å²) in [6.07, 6.45) is 3.28. The highest BCUT2D eigenvalue weighted by Gasteiger charge is 2.24. The molecule has 0 unspecified atom stereocenters. The van der Waals surface area contributed by atoms with Gasteiger partial charge in [0.25, 0.3) is 0 Å². The third-order valence-electron chi connectivity index (χ3n) is 3.44. The zero-order chi connectivity index (χ0) is 15.2. The van der Waals surface area contributed by atoms with Crippen molar-refractivity contribution in [3.63, 3.8) is 0 Å². The Balaban J connectivity index is 1.83. The summed E-state index contributed by atoms with van der Waals surface area (Å²) in [5.74, 6) is 0.297. The van der Waals surface area contributed by atoms with Crippen LogP contribution in [-0.4, -0.2) is 48.4 Å². The van der Waals surface area contributed by atoms with Gasteiger partial charge < -0.3 is 15.5 Å². The van der Waals surface area contributed by atoms with Crippen molar-refractivity contribution in [3.05, 3.63) is 22.8 Å².